The van der Waals surface area contributed by atoms with Gasteiger partial charge in [-0.05, 0) is 33.1 Å². The van der Waals surface area contributed by atoms with Crippen molar-refractivity contribution in [3.05, 3.63) is 11.4 Å². The summed E-state index contributed by atoms with van der Waals surface area (Å²) in [6.45, 7) is 6.44. The summed E-state index contributed by atoms with van der Waals surface area (Å²) in [5.41, 5.74) is 3.84. The van der Waals surface area contributed by atoms with Crippen molar-refractivity contribution in [3.63, 3.8) is 0 Å². The Balaban J connectivity index is 2.26. The molecule has 20 heavy (non-hydrogen) atoms. The predicted molar refractivity (Wildman–Crippen MR) is 83.7 cm³/mol. The fourth-order valence-corrected chi connectivity index (χ4v) is 2.90. The molecule has 0 unspecified atom stereocenters. The Labute approximate surface area is 121 Å². The molecular weight excluding hydrogens is 250 g/mol. The van der Waals surface area contributed by atoms with Crippen LogP contribution in [-0.4, -0.2) is 15.5 Å². The van der Waals surface area contributed by atoms with E-state index in [4.69, 9.17) is 10.8 Å². The summed E-state index contributed by atoms with van der Waals surface area (Å²) in [6, 6.07) is 0. The summed E-state index contributed by atoms with van der Waals surface area (Å²) in [4.78, 5) is 9.16. The van der Waals surface area contributed by atoms with Crippen molar-refractivity contribution in [1.29, 1.82) is 0 Å². The van der Waals surface area contributed by atoms with Gasteiger partial charge in [-0.1, -0.05) is 26.2 Å². The van der Waals surface area contributed by atoms with Crippen molar-refractivity contribution < 1.29 is 0 Å². The minimum atomic E-state index is 0.146. The highest BCUT2D eigenvalue weighted by Crippen LogP contribution is 2.32. The second kappa shape index (κ2) is 6.39. The van der Waals surface area contributed by atoms with Crippen molar-refractivity contribution in [2.24, 2.45) is 5.84 Å². The zero-order valence-corrected chi connectivity index (χ0v) is 12.9. The summed E-state index contributed by atoms with van der Waals surface area (Å²) in [7, 11) is 0. The van der Waals surface area contributed by atoms with E-state index in [9.17, 15) is 0 Å². The summed E-state index contributed by atoms with van der Waals surface area (Å²) < 4.78 is 0. The fourth-order valence-electron chi connectivity index (χ4n) is 2.90. The topological polar surface area (TPSA) is 75.9 Å². The van der Waals surface area contributed by atoms with Gasteiger partial charge in [0.25, 0.3) is 0 Å². The maximum atomic E-state index is 5.58. The predicted octanol–water partition coefficient (Wildman–Crippen LogP) is 3.16. The molecule has 5 heteroatoms. The van der Waals surface area contributed by atoms with Crippen LogP contribution in [0, 0.1) is 6.92 Å². The molecule has 1 fully saturated rings. The van der Waals surface area contributed by atoms with Gasteiger partial charge in [0, 0.05) is 17.5 Å². The Kier molecular flexibility index (Phi) is 4.81. The third kappa shape index (κ3) is 3.39. The average molecular weight is 277 g/mol. The van der Waals surface area contributed by atoms with Crippen LogP contribution in [0.1, 0.15) is 63.8 Å². The molecule has 1 saturated carbocycles. The quantitative estimate of drug-likeness (QED) is 0.569. The molecule has 1 aliphatic rings. The molecular formula is C15H27N5. The fraction of sp³-hybridized carbons (Fsp3) is 0.733. The van der Waals surface area contributed by atoms with Crippen molar-refractivity contribution in [3.8, 4) is 0 Å². The van der Waals surface area contributed by atoms with E-state index in [1.165, 1.54) is 32.1 Å². The SMILES string of the molecule is CCCc1nc(NN)c(C)c(NC2(C)CCCCC2)n1. The van der Waals surface area contributed by atoms with Gasteiger partial charge >= 0.3 is 0 Å². The highest BCUT2D eigenvalue weighted by molar-refractivity contribution is 5.57. The number of rotatable bonds is 5. The van der Waals surface area contributed by atoms with Crippen molar-refractivity contribution >= 4 is 11.6 Å². The van der Waals surface area contributed by atoms with Gasteiger partial charge in [-0.2, -0.15) is 0 Å². The van der Waals surface area contributed by atoms with Gasteiger partial charge in [0.2, 0.25) is 0 Å². The first-order valence-corrected chi connectivity index (χ1v) is 7.70. The normalized spacial score (nSPS) is 17.8. The lowest BCUT2D eigenvalue weighted by atomic mass is 9.83. The molecule has 0 bridgehead atoms. The molecule has 0 saturated heterocycles. The van der Waals surface area contributed by atoms with Crippen molar-refractivity contribution in [2.75, 3.05) is 10.7 Å². The van der Waals surface area contributed by atoms with E-state index in [2.05, 4.69) is 29.6 Å². The van der Waals surface area contributed by atoms with E-state index in [1.54, 1.807) is 0 Å². The lowest BCUT2D eigenvalue weighted by Gasteiger charge is -2.35. The molecule has 4 N–H and O–H groups in total. The third-order valence-corrected chi connectivity index (χ3v) is 4.18. The van der Waals surface area contributed by atoms with Crippen molar-refractivity contribution in [1.82, 2.24) is 9.97 Å². The van der Waals surface area contributed by atoms with Gasteiger partial charge in [0.1, 0.15) is 17.5 Å². The Morgan fingerprint density at radius 1 is 1.15 bits per heavy atom. The lowest BCUT2D eigenvalue weighted by molar-refractivity contribution is 0.348. The van der Waals surface area contributed by atoms with Gasteiger partial charge in [0.05, 0.1) is 0 Å². The number of anilines is 2. The summed E-state index contributed by atoms with van der Waals surface area (Å²) in [5.74, 6) is 8.10. The Bertz CT molecular complexity index is 452. The second-order valence-corrected chi connectivity index (χ2v) is 6.10. The highest BCUT2D eigenvalue weighted by atomic mass is 15.3. The molecule has 0 atom stereocenters. The van der Waals surface area contributed by atoms with E-state index < -0.39 is 0 Å². The van der Waals surface area contributed by atoms with Gasteiger partial charge in [0.15, 0.2) is 0 Å². The van der Waals surface area contributed by atoms with Crippen LogP contribution in [0.3, 0.4) is 0 Å². The molecule has 0 radical (unpaired) electrons. The number of hydrogen-bond donors (Lipinski definition) is 3. The van der Waals surface area contributed by atoms with Crippen LogP contribution in [0.5, 0.6) is 0 Å². The van der Waals surface area contributed by atoms with E-state index in [-0.39, 0.29) is 5.54 Å². The van der Waals surface area contributed by atoms with Crippen LogP contribution in [-0.2, 0) is 6.42 Å². The Morgan fingerprint density at radius 3 is 2.40 bits per heavy atom. The average Bonchev–Trinajstić information content (AvgIpc) is 2.43. The van der Waals surface area contributed by atoms with Crippen LogP contribution >= 0.6 is 0 Å². The smallest absolute Gasteiger partial charge is 0.148 e. The van der Waals surface area contributed by atoms with E-state index >= 15 is 0 Å². The van der Waals surface area contributed by atoms with Gasteiger partial charge in [-0.15, -0.1) is 0 Å². The Morgan fingerprint density at radius 2 is 1.80 bits per heavy atom. The third-order valence-electron chi connectivity index (χ3n) is 4.18. The molecule has 0 spiro atoms. The van der Waals surface area contributed by atoms with E-state index in [0.717, 1.165) is 35.9 Å². The highest BCUT2D eigenvalue weighted by Gasteiger charge is 2.28. The number of nitrogen functional groups attached to an aromatic ring is 1. The zero-order chi connectivity index (χ0) is 14.6. The first-order valence-electron chi connectivity index (χ1n) is 7.70. The number of hydrogen-bond acceptors (Lipinski definition) is 5. The van der Waals surface area contributed by atoms with Gasteiger partial charge in [-0.25, -0.2) is 15.8 Å². The number of nitrogens with zero attached hydrogens (tertiary/aromatic N) is 2. The molecule has 0 aromatic carbocycles. The number of aromatic nitrogens is 2. The zero-order valence-electron chi connectivity index (χ0n) is 12.9. The van der Waals surface area contributed by atoms with Crippen LogP contribution < -0.4 is 16.6 Å². The second-order valence-electron chi connectivity index (χ2n) is 6.10. The number of nitrogens with one attached hydrogen (secondary N) is 2. The van der Waals surface area contributed by atoms with Gasteiger partial charge < -0.3 is 10.7 Å². The first kappa shape index (κ1) is 15.0. The number of hydrazine groups is 1. The number of nitrogens with two attached hydrogens (primary N) is 1. The lowest BCUT2D eigenvalue weighted by Crippen LogP contribution is -2.37. The summed E-state index contributed by atoms with van der Waals surface area (Å²) >= 11 is 0. The van der Waals surface area contributed by atoms with E-state index in [0.29, 0.717) is 0 Å². The van der Waals surface area contributed by atoms with Crippen LogP contribution in [0.4, 0.5) is 11.6 Å². The molecule has 2 rings (SSSR count). The maximum absolute atomic E-state index is 5.58. The molecule has 1 aromatic rings. The van der Waals surface area contributed by atoms with Gasteiger partial charge in [-0.3, -0.25) is 0 Å². The molecule has 1 aliphatic carbocycles. The summed E-state index contributed by atoms with van der Waals surface area (Å²) in [6.07, 6.45) is 8.23. The minimum Gasteiger partial charge on any atom is -0.365 e. The van der Waals surface area contributed by atoms with Crippen LogP contribution in [0.15, 0.2) is 0 Å². The summed E-state index contributed by atoms with van der Waals surface area (Å²) in [5, 5.41) is 3.65. The van der Waals surface area contributed by atoms with Crippen molar-refractivity contribution in [2.45, 2.75) is 71.3 Å². The molecule has 1 aromatic heterocycles. The van der Waals surface area contributed by atoms with E-state index in [1.807, 2.05) is 6.92 Å². The first-order chi connectivity index (χ1) is 9.58. The molecule has 5 nitrogen and oxygen atoms in total. The Hall–Kier alpha value is -1.36. The maximum Gasteiger partial charge on any atom is 0.148 e. The van der Waals surface area contributed by atoms with Crippen LogP contribution in [0.2, 0.25) is 0 Å². The molecule has 0 amide bonds. The minimum absolute atomic E-state index is 0.146. The largest absolute Gasteiger partial charge is 0.365 e. The molecule has 112 valence electrons. The molecule has 0 aliphatic heterocycles. The molecule has 1 heterocycles. The monoisotopic (exact) mass is 277 g/mol. The standard InChI is InChI=1S/C15H27N5/c1-4-8-12-17-13(11(2)14(18-12)20-16)19-15(3)9-6-5-7-10-15/h4-10,16H2,1-3H3,(H2,17,18,19,20). The van der Waals surface area contributed by atoms with Crippen LogP contribution in [0.25, 0.3) is 0 Å². The number of aryl methyl sites for hydroxylation is 1.